The molecule has 0 spiro atoms. The predicted molar refractivity (Wildman–Crippen MR) is 108 cm³/mol. The standard InChI is InChI=1S/2C7H8O.2C5H5.Zr/c2*1-6-4-2-3-5-7(6)8;2*1-2-4-5-3-1;/h2*2-5,8H,1H3;2*1-5H;/q;;;;+2/p-2. The van der Waals surface area contributed by atoms with Gasteiger partial charge in [-0.05, 0) is 0 Å². The van der Waals surface area contributed by atoms with Gasteiger partial charge >= 0.3 is 168 Å². The number of aryl methyl sites for hydroxylation is 2. The van der Waals surface area contributed by atoms with E-state index in [9.17, 15) is 0 Å². The van der Waals surface area contributed by atoms with E-state index >= 15 is 0 Å². The Hall–Kier alpha value is -2.12. The molecule has 0 saturated heterocycles. The van der Waals surface area contributed by atoms with Gasteiger partial charge in [-0.1, -0.05) is 0 Å². The monoisotopic (exact) mass is 434 g/mol. The Kier molecular flexibility index (Phi) is 5.32. The van der Waals surface area contributed by atoms with Crippen molar-refractivity contribution in [3.8, 4) is 11.5 Å². The second kappa shape index (κ2) is 7.86. The summed E-state index contributed by atoms with van der Waals surface area (Å²) in [7, 11) is 0. The molecule has 0 aromatic heterocycles. The van der Waals surface area contributed by atoms with Gasteiger partial charge in [0, 0.05) is 0 Å². The average molecular weight is 436 g/mol. The van der Waals surface area contributed by atoms with Crippen LogP contribution in [0.25, 0.3) is 0 Å². The summed E-state index contributed by atoms with van der Waals surface area (Å²) in [5, 5.41) is 0. The minimum absolute atomic E-state index is 0.205. The van der Waals surface area contributed by atoms with Crippen LogP contribution in [0.1, 0.15) is 11.1 Å². The van der Waals surface area contributed by atoms with Crippen LogP contribution in [0.2, 0.25) is 7.25 Å². The summed E-state index contributed by atoms with van der Waals surface area (Å²) in [6.45, 7) is 4.20. The molecule has 0 heterocycles. The SMILES string of the molecule is Cc1ccccc1[O][Zr]([O]c1ccccc1C)([CH]1C=CC=C1)[CH]1C=CC=C1. The maximum atomic E-state index is 6.94. The molecule has 0 bridgehead atoms. The summed E-state index contributed by atoms with van der Waals surface area (Å²) >= 11 is -3.81. The van der Waals surface area contributed by atoms with Crippen LogP contribution in [-0.2, 0) is 21.1 Å². The molecular formula is C24H24O2Zr. The Morgan fingerprint density at radius 2 is 0.963 bits per heavy atom. The van der Waals surface area contributed by atoms with Crippen molar-refractivity contribution in [2.24, 2.45) is 0 Å². The first-order chi connectivity index (χ1) is 13.2. The van der Waals surface area contributed by atoms with Gasteiger partial charge in [-0.25, -0.2) is 0 Å². The van der Waals surface area contributed by atoms with E-state index in [1.807, 2.05) is 24.3 Å². The first-order valence-electron chi connectivity index (χ1n) is 9.38. The number of hydrogen-bond donors (Lipinski definition) is 0. The molecule has 0 saturated carbocycles. The van der Waals surface area contributed by atoms with E-state index in [2.05, 4.69) is 86.7 Å². The molecule has 136 valence electrons. The predicted octanol–water partition coefficient (Wildman–Crippen LogP) is 6.57. The van der Waals surface area contributed by atoms with Gasteiger partial charge in [-0.15, -0.1) is 0 Å². The van der Waals surface area contributed by atoms with Gasteiger partial charge in [0.15, 0.2) is 0 Å². The molecule has 0 radical (unpaired) electrons. The van der Waals surface area contributed by atoms with E-state index in [-0.39, 0.29) is 7.25 Å². The number of benzene rings is 2. The summed E-state index contributed by atoms with van der Waals surface area (Å²) in [6.07, 6.45) is 17.4. The zero-order chi connectivity index (χ0) is 18.7. The van der Waals surface area contributed by atoms with E-state index in [4.69, 9.17) is 5.63 Å². The van der Waals surface area contributed by atoms with Crippen LogP contribution >= 0.6 is 0 Å². The van der Waals surface area contributed by atoms with Crippen molar-refractivity contribution in [3.05, 3.63) is 108 Å². The molecule has 3 heteroatoms. The Morgan fingerprint density at radius 1 is 0.593 bits per heavy atom. The van der Waals surface area contributed by atoms with Crippen LogP contribution in [-0.4, -0.2) is 0 Å². The van der Waals surface area contributed by atoms with Gasteiger partial charge in [0.25, 0.3) is 0 Å². The van der Waals surface area contributed by atoms with Crippen LogP contribution in [0, 0.1) is 13.8 Å². The molecule has 2 aromatic rings. The molecule has 0 amide bonds. The third kappa shape index (κ3) is 3.66. The van der Waals surface area contributed by atoms with Crippen molar-refractivity contribution in [2.75, 3.05) is 0 Å². The summed E-state index contributed by atoms with van der Waals surface area (Å²) in [5.41, 5.74) is 2.28. The molecule has 0 atom stereocenters. The minimum atomic E-state index is -3.81. The summed E-state index contributed by atoms with van der Waals surface area (Å²) in [6, 6.07) is 16.5. The number of rotatable bonds is 6. The third-order valence-electron chi connectivity index (χ3n) is 5.15. The number of para-hydroxylation sites is 2. The summed E-state index contributed by atoms with van der Waals surface area (Å²) in [4.78, 5) is 0. The van der Waals surface area contributed by atoms with Crippen molar-refractivity contribution in [1.29, 1.82) is 0 Å². The first-order valence-corrected chi connectivity index (χ1v) is 14.2. The fourth-order valence-electron chi connectivity index (χ4n) is 3.60. The molecule has 4 rings (SSSR count). The molecule has 2 aromatic carbocycles. The molecule has 2 nitrogen and oxygen atoms in total. The molecule has 0 unspecified atom stereocenters. The molecule has 0 aliphatic heterocycles. The molecule has 2 aliphatic rings. The molecule has 0 N–H and O–H groups in total. The number of allylic oxidation sites excluding steroid dienone is 8. The fourth-order valence-corrected chi connectivity index (χ4v) is 12.7. The van der Waals surface area contributed by atoms with Crippen molar-refractivity contribution in [3.63, 3.8) is 0 Å². The van der Waals surface area contributed by atoms with Crippen LogP contribution < -0.4 is 5.63 Å². The third-order valence-corrected chi connectivity index (χ3v) is 14.3. The second-order valence-electron chi connectivity index (χ2n) is 7.05. The second-order valence-corrected chi connectivity index (χ2v) is 14.9. The zero-order valence-corrected chi connectivity index (χ0v) is 18.2. The van der Waals surface area contributed by atoms with Crippen molar-refractivity contribution in [2.45, 2.75) is 21.1 Å². The van der Waals surface area contributed by atoms with Gasteiger partial charge < -0.3 is 0 Å². The fraction of sp³-hybridized carbons (Fsp3) is 0.167. The number of hydrogen-bond acceptors (Lipinski definition) is 2. The summed E-state index contributed by atoms with van der Waals surface area (Å²) < 4.78 is 14.3. The van der Waals surface area contributed by atoms with Gasteiger partial charge in [-0.2, -0.15) is 0 Å². The van der Waals surface area contributed by atoms with Gasteiger partial charge in [0.05, 0.1) is 0 Å². The maximum absolute atomic E-state index is 6.94. The van der Waals surface area contributed by atoms with Crippen molar-refractivity contribution in [1.82, 2.24) is 0 Å². The van der Waals surface area contributed by atoms with Crippen molar-refractivity contribution < 1.29 is 26.8 Å². The Bertz CT molecular complexity index is 837. The van der Waals surface area contributed by atoms with Gasteiger partial charge in [0.2, 0.25) is 0 Å². The molecular weight excluding hydrogens is 411 g/mol. The van der Waals surface area contributed by atoms with Crippen LogP contribution in [0.5, 0.6) is 11.5 Å². The quantitative estimate of drug-likeness (QED) is 0.510. The van der Waals surface area contributed by atoms with E-state index in [0.717, 1.165) is 22.6 Å². The topological polar surface area (TPSA) is 18.5 Å². The zero-order valence-electron chi connectivity index (χ0n) is 15.7. The Balaban J connectivity index is 1.83. The van der Waals surface area contributed by atoms with Crippen LogP contribution in [0.15, 0.2) is 97.1 Å². The first kappa shape index (κ1) is 18.3. The van der Waals surface area contributed by atoms with E-state index < -0.39 is 21.1 Å². The van der Waals surface area contributed by atoms with Gasteiger partial charge in [0.1, 0.15) is 0 Å². The molecule has 2 aliphatic carbocycles. The van der Waals surface area contributed by atoms with Crippen LogP contribution in [0.3, 0.4) is 0 Å². The Labute approximate surface area is 167 Å². The van der Waals surface area contributed by atoms with E-state index in [1.165, 1.54) is 0 Å². The average Bonchev–Trinajstić information content (AvgIpc) is 3.39. The van der Waals surface area contributed by atoms with Crippen LogP contribution in [0.4, 0.5) is 0 Å². The van der Waals surface area contributed by atoms with E-state index in [1.54, 1.807) is 0 Å². The Morgan fingerprint density at radius 3 is 1.33 bits per heavy atom. The van der Waals surface area contributed by atoms with Crippen molar-refractivity contribution >= 4 is 0 Å². The summed E-state index contributed by atoms with van der Waals surface area (Å²) in [5.74, 6) is 1.87. The molecule has 0 fully saturated rings. The van der Waals surface area contributed by atoms with Gasteiger partial charge in [-0.3, -0.25) is 0 Å². The molecule has 27 heavy (non-hydrogen) atoms. The normalized spacial score (nSPS) is 16.4. The van der Waals surface area contributed by atoms with E-state index in [0.29, 0.717) is 0 Å².